The summed E-state index contributed by atoms with van der Waals surface area (Å²) in [5.74, 6) is -0.171. The van der Waals surface area contributed by atoms with Gasteiger partial charge in [0.2, 0.25) is 0 Å². The van der Waals surface area contributed by atoms with E-state index in [1.54, 1.807) is 18.2 Å². The van der Waals surface area contributed by atoms with Crippen LogP contribution in [0.2, 0.25) is 5.02 Å². The molecule has 0 heterocycles. The number of nitrogen functional groups attached to an aromatic ring is 1. The van der Waals surface area contributed by atoms with Crippen molar-refractivity contribution in [3.63, 3.8) is 0 Å². The molecule has 2 aromatic carbocycles. The molecule has 2 aromatic rings. The summed E-state index contributed by atoms with van der Waals surface area (Å²) in [5, 5.41) is 3.49. The number of halogens is 2. The maximum Gasteiger partial charge on any atom is 0.251 e. The SMILES string of the molecule is Cc1c(N)cc(Br)cc1C(=O)NCc1ccccc1Cl. The van der Waals surface area contributed by atoms with Crippen LogP contribution in [0.5, 0.6) is 0 Å². The quantitative estimate of drug-likeness (QED) is 0.822. The van der Waals surface area contributed by atoms with Gasteiger partial charge in [0, 0.05) is 27.3 Å². The largest absolute Gasteiger partial charge is 0.398 e. The van der Waals surface area contributed by atoms with Gasteiger partial charge in [-0.25, -0.2) is 0 Å². The summed E-state index contributed by atoms with van der Waals surface area (Å²) in [5.41, 5.74) is 8.65. The molecule has 0 aromatic heterocycles. The lowest BCUT2D eigenvalue weighted by atomic mass is 10.1. The number of carbonyl (C=O) groups is 1. The number of nitrogens with two attached hydrogens (primary N) is 1. The molecule has 0 aliphatic heterocycles. The molecule has 0 aliphatic carbocycles. The molecule has 0 saturated heterocycles. The van der Waals surface area contributed by atoms with Crippen LogP contribution in [0.1, 0.15) is 21.5 Å². The molecule has 3 nitrogen and oxygen atoms in total. The Labute approximate surface area is 131 Å². The molecule has 0 bridgehead atoms. The Kier molecular flexibility index (Phi) is 4.68. The predicted molar refractivity (Wildman–Crippen MR) is 85.9 cm³/mol. The van der Waals surface area contributed by atoms with E-state index in [9.17, 15) is 4.79 Å². The minimum Gasteiger partial charge on any atom is -0.398 e. The van der Waals surface area contributed by atoms with Gasteiger partial charge in [0.15, 0.2) is 0 Å². The molecule has 0 atom stereocenters. The van der Waals surface area contributed by atoms with Crippen molar-refractivity contribution in [2.24, 2.45) is 0 Å². The summed E-state index contributed by atoms with van der Waals surface area (Å²) in [6, 6.07) is 11.0. The van der Waals surface area contributed by atoms with Crippen molar-refractivity contribution in [2.75, 3.05) is 5.73 Å². The van der Waals surface area contributed by atoms with Crippen molar-refractivity contribution >= 4 is 39.1 Å². The number of nitrogens with one attached hydrogen (secondary N) is 1. The Hall–Kier alpha value is -1.52. The highest BCUT2D eigenvalue weighted by atomic mass is 79.9. The molecule has 20 heavy (non-hydrogen) atoms. The first-order valence-electron chi connectivity index (χ1n) is 6.06. The number of anilines is 1. The molecule has 0 fully saturated rings. The van der Waals surface area contributed by atoms with E-state index in [4.69, 9.17) is 17.3 Å². The normalized spacial score (nSPS) is 10.3. The third kappa shape index (κ3) is 3.32. The number of rotatable bonds is 3. The monoisotopic (exact) mass is 352 g/mol. The molecule has 0 spiro atoms. The molecule has 2 rings (SSSR count). The van der Waals surface area contributed by atoms with Crippen molar-refractivity contribution in [2.45, 2.75) is 13.5 Å². The molecule has 0 saturated carbocycles. The lowest BCUT2D eigenvalue weighted by molar-refractivity contribution is 0.0950. The zero-order chi connectivity index (χ0) is 14.7. The van der Waals surface area contributed by atoms with Crippen molar-refractivity contribution in [1.82, 2.24) is 5.32 Å². The summed E-state index contributed by atoms with van der Waals surface area (Å²) in [6.45, 7) is 2.20. The number of hydrogen-bond acceptors (Lipinski definition) is 2. The number of amides is 1. The molecule has 104 valence electrons. The Bertz CT molecular complexity index is 658. The second-order valence-electron chi connectivity index (χ2n) is 4.44. The molecule has 0 unspecified atom stereocenters. The standard InChI is InChI=1S/C15H14BrClN2O/c1-9-12(6-11(16)7-14(9)18)15(20)19-8-10-4-2-3-5-13(10)17/h2-7H,8,18H2,1H3,(H,19,20). The Morgan fingerprint density at radius 1 is 1.35 bits per heavy atom. The summed E-state index contributed by atoms with van der Waals surface area (Å²) in [6.07, 6.45) is 0. The van der Waals surface area contributed by atoms with Gasteiger partial charge in [-0.05, 0) is 36.2 Å². The molecular formula is C15H14BrClN2O. The lowest BCUT2D eigenvalue weighted by Crippen LogP contribution is -2.24. The molecule has 0 aliphatic rings. The van der Waals surface area contributed by atoms with Crippen LogP contribution in [-0.2, 0) is 6.54 Å². The maximum absolute atomic E-state index is 12.2. The third-order valence-corrected chi connectivity index (χ3v) is 3.88. The van der Waals surface area contributed by atoms with E-state index in [-0.39, 0.29) is 5.91 Å². The summed E-state index contributed by atoms with van der Waals surface area (Å²) in [7, 11) is 0. The predicted octanol–water partition coefficient (Wildman–Crippen LogP) is 3.92. The fourth-order valence-electron chi connectivity index (χ4n) is 1.85. The van der Waals surface area contributed by atoms with Gasteiger partial charge >= 0.3 is 0 Å². The topological polar surface area (TPSA) is 55.1 Å². The highest BCUT2D eigenvalue weighted by Gasteiger charge is 2.12. The Morgan fingerprint density at radius 2 is 2.05 bits per heavy atom. The lowest BCUT2D eigenvalue weighted by Gasteiger charge is -2.11. The van der Waals surface area contributed by atoms with E-state index in [1.165, 1.54) is 0 Å². The fraction of sp³-hybridized carbons (Fsp3) is 0.133. The van der Waals surface area contributed by atoms with E-state index < -0.39 is 0 Å². The van der Waals surface area contributed by atoms with Crippen molar-refractivity contribution < 1.29 is 4.79 Å². The van der Waals surface area contributed by atoms with Gasteiger partial charge in [0.1, 0.15) is 0 Å². The van der Waals surface area contributed by atoms with Crippen LogP contribution in [0.25, 0.3) is 0 Å². The first-order valence-corrected chi connectivity index (χ1v) is 7.23. The molecule has 0 radical (unpaired) electrons. The van der Waals surface area contributed by atoms with E-state index in [0.29, 0.717) is 22.8 Å². The zero-order valence-corrected chi connectivity index (χ0v) is 13.3. The van der Waals surface area contributed by atoms with Gasteiger partial charge in [0.05, 0.1) is 0 Å². The van der Waals surface area contributed by atoms with E-state index in [1.807, 2.05) is 25.1 Å². The first-order chi connectivity index (χ1) is 9.49. The minimum atomic E-state index is -0.171. The third-order valence-electron chi connectivity index (χ3n) is 3.05. The van der Waals surface area contributed by atoms with Crippen molar-refractivity contribution in [3.8, 4) is 0 Å². The van der Waals surface area contributed by atoms with Crippen LogP contribution in [0.4, 0.5) is 5.69 Å². The van der Waals surface area contributed by atoms with Gasteiger partial charge < -0.3 is 11.1 Å². The minimum absolute atomic E-state index is 0.171. The van der Waals surface area contributed by atoms with Crippen LogP contribution >= 0.6 is 27.5 Å². The average Bonchev–Trinajstić information content (AvgIpc) is 2.41. The van der Waals surface area contributed by atoms with E-state index in [0.717, 1.165) is 15.6 Å². The second kappa shape index (κ2) is 6.29. The smallest absolute Gasteiger partial charge is 0.251 e. The van der Waals surface area contributed by atoms with Crippen molar-refractivity contribution in [1.29, 1.82) is 0 Å². The maximum atomic E-state index is 12.2. The highest BCUT2D eigenvalue weighted by Crippen LogP contribution is 2.23. The zero-order valence-electron chi connectivity index (χ0n) is 10.9. The Morgan fingerprint density at radius 3 is 2.75 bits per heavy atom. The summed E-state index contributed by atoms with van der Waals surface area (Å²) >= 11 is 9.40. The highest BCUT2D eigenvalue weighted by molar-refractivity contribution is 9.10. The summed E-state index contributed by atoms with van der Waals surface area (Å²) in [4.78, 5) is 12.2. The first kappa shape index (κ1) is 14.9. The molecule has 3 N–H and O–H groups in total. The molecular weight excluding hydrogens is 340 g/mol. The van der Waals surface area contributed by atoms with Crippen LogP contribution in [0.15, 0.2) is 40.9 Å². The number of carbonyl (C=O) groups excluding carboxylic acids is 1. The van der Waals surface area contributed by atoms with Crippen LogP contribution < -0.4 is 11.1 Å². The Balaban J connectivity index is 2.15. The van der Waals surface area contributed by atoms with Gasteiger partial charge in [-0.3, -0.25) is 4.79 Å². The van der Waals surface area contributed by atoms with Crippen molar-refractivity contribution in [3.05, 3.63) is 62.6 Å². The van der Waals surface area contributed by atoms with Crippen LogP contribution in [-0.4, -0.2) is 5.91 Å². The van der Waals surface area contributed by atoms with E-state index >= 15 is 0 Å². The fourth-order valence-corrected chi connectivity index (χ4v) is 2.53. The van der Waals surface area contributed by atoms with Gasteiger partial charge in [0.25, 0.3) is 5.91 Å². The number of benzene rings is 2. The molecule has 1 amide bonds. The van der Waals surface area contributed by atoms with Gasteiger partial charge in [-0.15, -0.1) is 0 Å². The van der Waals surface area contributed by atoms with Crippen LogP contribution in [0.3, 0.4) is 0 Å². The average molecular weight is 354 g/mol. The number of hydrogen-bond donors (Lipinski definition) is 2. The van der Waals surface area contributed by atoms with Gasteiger partial charge in [-0.2, -0.15) is 0 Å². The van der Waals surface area contributed by atoms with Crippen LogP contribution in [0, 0.1) is 6.92 Å². The second-order valence-corrected chi connectivity index (χ2v) is 5.76. The van der Waals surface area contributed by atoms with E-state index in [2.05, 4.69) is 21.2 Å². The summed E-state index contributed by atoms with van der Waals surface area (Å²) < 4.78 is 0.781. The molecule has 5 heteroatoms. The van der Waals surface area contributed by atoms with Gasteiger partial charge in [-0.1, -0.05) is 45.7 Å².